The number of ether oxygens (including phenoxy) is 1. The first-order valence-electron chi connectivity index (χ1n) is 8.53. The van der Waals surface area contributed by atoms with Crippen LogP contribution in [-0.4, -0.2) is 24.2 Å². The van der Waals surface area contributed by atoms with Crippen molar-refractivity contribution in [3.05, 3.63) is 65.2 Å². The van der Waals surface area contributed by atoms with Gasteiger partial charge in [-0.2, -0.15) is 5.26 Å². The number of aryl methyl sites for hydroxylation is 1. The average molecular weight is 350 g/mol. The monoisotopic (exact) mass is 350 g/mol. The Morgan fingerprint density at radius 2 is 2.04 bits per heavy atom. The number of nitrogens with one attached hydrogen (secondary N) is 1. The minimum Gasteiger partial charge on any atom is -0.504 e. The van der Waals surface area contributed by atoms with Crippen LogP contribution in [-0.2, 0) is 11.2 Å². The van der Waals surface area contributed by atoms with Crippen molar-refractivity contribution in [1.82, 2.24) is 5.32 Å². The lowest BCUT2D eigenvalue weighted by molar-refractivity contribution is -0.117. The molecule has 134 valence electrons. The zero-order valence-electron chi connectivity index (χ0n) is 14.7. The van der Waals surface area contributed by atoms with Gasteiger partial charge in [-0.05, 0) is 49.1 Å². The summed E-state index contributed by atoms with van der Waals surface area (Å²) in [6, 6.07) is 16.6. The second-order valence-corrected chi connectivity index (χ2v) is 5.68. The summed E-state index contributed by atoms with van der Waals surface area (Å²) in [5.74, 6) is -0.0683. The number of aromatic hydroxyl groups is 1. The molecule has 0 fully saturated rings. The van der Waals surface area contributed by atoms with E-state index in [2.05, 4.69) is 5.32 Å². The third kappa shape index (κ3) is 5.67. The molecule has 0 atom stereocenters. The lowest BCUT2D eigenvalue weighted by Crippen LogP contribution is -2.25. The Kier molecular flexibility index (Phi) is 7.26. The second kappa shape index (κ2) is 9.90. The first-order valence-corrected chi connectivity index (χ1v) is 8.53. The molecule has 0 aliphatic carbocycles. The molecule has 2 aromatic carbocycles. The number of hydrogen-bond acceptors (Lipinski definition) is 4. The molecule has 2 rings (SSSR count). The van der Waals surface area contributed by atoms with E-state index in [1.807, 2.05) is 43.3 Å². The Bertz CT molecular complexity index is 808. The molecule has 5 nitrogen and oxygen atoms in total. The van der Waals surface area contributed by atoms with Gasteiger partial charge in [0.05, 0.1) is 6.61 Å². The lowest BCUT2D eigenvalue weighted by atomic mass is 10.1. The molecule has 0 unspecified atom stereocenters. The van der Waals surface area contributed by atoms with Crippen molar-refractivity contribution in [2.75, 3.05) is 13.2 Å². The molecule has 5 heteroatoms. The molecule has 0 aliphatic heterocycles. The van der Waals surface area contributed by atoms with E-state index in [9.17, 15) is 15.2 Å². The molecule has 0 spiro atoms. The largest absolute Gasteiger partial charge is 0.504 e. The fraction of sp³-hybridized carbons (Fsp3) is 0.238. The number of carbonyl (C=O) groups excluding carboxylic acids is 1. The standard InChI is InChI=1S/C21H22N2O3/c1-2-26-20-14-17(10-11-19(20)24)13-18(15-22)21(25)23-12-6-9-16-7-4-3-5-8-16/h3-5,7-8,10-11,13-14,24H,2,6,9,12H2,1H3,(H,23,25)/b18-13-. The van der Waals surface area contributed by atoms with Crippen LogP contribution in [0.2, 0.25) is 0 Å². The molecule has 0 aliphatic rings. The van der Waals surface area contributed by atoms with Gasteiger partial charge in [0.2, 0.25) is 0 Å². The fourth-order valence-corrected chi connectivity index (χ4v) is 2.44. The highest BCUT2D eigenvalue weighted by molar-refractivity contribution is 6.01. The third-order valence-electron chi connectivity index (χ3n) is 3.73. The predicted molar refractivity (Wildman–Crippen MR) is 101 cm³/mol. The minimum atomic E-state index is -0.411. The van der Waals surface area contributed by atoms with E-state index in [0.29, 0.717) is 24.5 Å². The van der Waals surface area contributed by atoms with Crippen LogP contribution in [0.1, 0.15) is 24.5 Å². The smallest absolute Gasteiger partial charge is 0.261 e. The Balaban J connectivity index is 1.94. The zero-order chi connectivity index (χ0) is 18.8. The van der Waals surface area contributed by atoms with Crippen LogP contribution >= 0.6 is 0 Å². The van der Waals surface area contributed by atoms with Gasteiger partial charge < -0.3 is 15.2 Å². The molecule has 0 bridgehead atoms. The molecule has 0 aromatic heterocycles. The Morgan fingerprint density at radius 3 is 2.73 bits per heavy atom. The van der Waals surface area contributed by atoms with Crippen LogP contribution in [0.4, 0.5) is 0 Å². The summed E-state index contributed by atoms with van der Waals surface area (Å²) < 4.78 is 5.31. The number of carbonyl (C=O) groups is 1. The molecule has 2 N–H and O–H groups in total. The van der Waals surface area contributed by atoms with Crippen LogP contribution in [0.3, 0.4) is 0 Å². The Hall–Kier alpha value is -3.26. The molecule has 0 saturated heterocycles. The van der Waals surface area contributed by atoms with E-state index >= 15 is 0 Å². The number of hydrogen-bond donors (Lipinski definition) is 2. The van der Waals surface area contributed by atoms with Crippen LogP contribution in [0, 0.1) is 11.3 Å². The summed E-state index contributed by atoms with van der Waals surface area (Å²) in [6.07, 6.45) is 3.14. The maximum absolute atomic E-state index is 12.2. The number of benzene rings is 2. The van der Waals surface area contributed by atoms with Crippen molar-refractivity contribution < 1.29 is 14.6 Å². The molecule has 0 saturated carbocycles. The van der Waals surface area contributed by atoms with E-state index in [1.165, 1.54) is 17.7 Å². The number of nitrogens with zero attached hydrogens (tertiary/aromatic N) is 1. The number of rotatable bonds is 8. The van der Waals surface area contributed by atoms with Crippen molar-refractivity contribution in [3.8, 4) is 17.6 Å². The average Bonchev–Trinajstić information content (AvgIpc) is 2.66. The number of nitriles is 1. The van der Waals surface area contributed by atoms with Gasteiger partial charge in [-0.3, -0.25) is 4.79 Å². The fourth-order valence-electron chi connectivity index (χ4n) is 2.44. The number of amides is 1. The third-order valence-corrected chi connectivity index (χ3v) is 3.73. The summed E-state index contributed by atoms with van der Waals surface area (Å²) in [4.78, 5) is 12.2. The summed E-state index contributed by atoms with van der Waals surface area (Å²) in [6.45, 7) is 2.71. The van der Waals surface area contributed by atoms with E-state index in [4.69, 9.17) is 4.74 Å². The minimum absolute atomic E-state index is 0.0119. The predicted octanol–water partition coefficient (Wildman–Crippen LogP) is 3.45. The SMILES string of the molecule is CCOc1cc(/C=C(/C#N)C(=O)NCCCc2ccccc2)ccc1O. The van der Waals surface area contributed by atoms with Crippen LogP contribution in [0.15, 0.2) is 54.1 Å². The van der Waals surface area contributed by atoms with Crippen molar-refractivity contribution in [3.63, 3.8) is 0 Å². The molecule has 2 aromatic rings. The maximum Gasteiger partial charge on any atom is 0.261 e. The number of phenols is 1. The van der Waals surface area contributed by atoms with Gasteiger partial charge in [-0.15, -0.1) is 0 Å². The summed E-state index contributed by atoms with van der Waals surface area (Å²) in [7, 11) is 0. The molecular formula is C21H22N2O3. The molecule has 1 amide bonds. The highest BCUT2D eigenvalue weighted by Gasteiger charge is 2.09. The maximum atomic E-state index is 12.2. The zero-order valence-corrected chi connectivity index (χ0v) is 14.7. The van der Waals surface area contributed by atoms with Crippen LogP contribution in [0.5, 0.6) is 11.5 Å². The van der Waals surface area contributed by atoms with Gasteiger partial charge in [0.15, 0.2) is 11.5 Å². The summed E-state index contributed by atoms with van der Waals surface area (Å²) >= 11 is 0. The van der Waals surface area contributed by atoms with Gasteiger partial charge in [-0.25, -0.2) is 0 Å². The molecular weight excluding hydrogens is 328 g/mol. The van der Waals surface area contributed by atoms with Gasteiger partial charge in [0.25, 0.3) is 5.91 Å². The van der Waals surface area contributed by atoms with Gasteiger partial charge in [0.1, 0.15) is 11.6 Å². The van der Waals surface area contributed by atoms with Crippen LogP contribution < -0.4 is 10.1 Å². The quantitative estimate of drug-likeness (QED) is 0.434. The topological polar surface area (TPSA) is 82.3 Å². The normalized spacial score (nSPS) is 10.8. The van der Waals surface area contributed by atoms with Gasteiger partial charge in [-0.1, -0.05) is 36.4 Å². The summed E-state index contributed by atoms with van der Waals surface area (Å²) in [5.41, 5.74) is 1.84. The number of phenolic OH excluding ortho intramolecular Hbond substituents is 1. The van der Waals surface area contributed by atoms with Crippen molar-refractivity contribution >= 4 is 12.0 Å². The van der Waals surface area contributed by atoms with Crippen molar-refractivity contribution in [1.29, 1.82) is 5.26 Å². The van der Waals surface area contributed by atoms with Crippen molar-refractivity contribution in [2.24, 2.45) is 0 Å². The highest BCUT2D eigenvalue weighted by Crippen LogP contribution is 2.27. The first-order chi connectivity index (χ1) is 12.6. The molecule has 26 heavy (non-hydrogen) atoms. The van der Waals surface area contributed by atoms with Gasteiger partial charge >= 0.3 is 0 Å². The van der Waals surface area contributed by atoms with E-state index in [-0.39, 0.29) is 11.3 Å². The van der Waals surface area contributed by atoms with E-state index in [1.54, 1.807) is 12.1 Å². The van der Waals surface area contributed by atoms with Gasteiger partial charge in [0, 0.05) is 6.54 Å². The first kappa shape index (κ1) is 19.1. The summed E-state index contributed by atoms with van der Waals surface area (Å²) in [5, 5.41) is 21.7. The van der Waals surface area contributed by atoms with E-state index < -0.39 is 5.91 Å². The lowest BCUT2D eigenvalue weighted by Gasteiger charge is -2.07. The Morgan fingerprint density at radius 1 is 1.27 bits per heavy atom. The van der Waals surface area contributed by atoms with Crippen LogP contribution in [0.25, 0.3) is 6.08 Å². The Labute approximate surface area is 153 Å². The second-order valence-electron chi connectivity index (χ2n) is 5.68. The van der Waals surface area contributed by atoms with E-state index in [0.717, 1.165) is 12.8 Å². The highest BCUT2D eigenvalue weighted by atomic mass is 16.5. The molecule has 0 radical (unpaired) electrons. The van der Waals surface area contributed by atoms with Crippen molar-refractivity contribution in [2.45, 2.75) is 19.8 Å². The molecule has 0 heterocycles.